The van der Waals surface area contributed by atoms with Crippen LogP contribution in [0.15, 0.2) is 24.3 Å². The van der Waals surface area contributed by atoms with Crippen molar-refractivity contribution < 1.29 is 29.0 Å². The van der Waals surface area contributed by atoms with Crippen molar-refractivity contribution in [2.24, 2.45) is 16.6 Å². The summed E-state index contributed by atoms with van der Waals surface area (Å²) < 4.78 is 6.29. The molecule has 0 spiro atoms. The van der Waals surface area contributed by atoms with Gasteiger partial charge in [-0.3, -0.25) is 19.2 Å². The average Bonchev–Trinajstić information content (AvgIpc) is 3.03. The van der Waals surface area contributed by atoms with E-state index in [0.29, 0.717) is 97.3 Å². The lowest BCUT2D eigenvalue weighted by molar-refractivity contribution is -0.139. The Morgan fingerprint density at radius 3 is 1.98 bits per heavy atom. The van der Waals surface area contributed by atoms with E-state index in [2.05, 4.69) is 69.1 Å². The zero-order valence-corrected chi connectivity index (χ0v) is 32.5. The number of unbranched alkanes of at least 4 members (excludes halogenated alkanes) is 2. The van der Waals surface area contributed by atoms with E-state index in [4.69, 9.17) is 15.6 Å². The molecule has 1 atom stereocenters. The molecule has 0 radical (unpaired) electrons. The zero-order chi connectivity index (χ0) is 37.7. The van der Waals surface area contributed by atoms with E-state index in [0.717, 1.165) is 19.4 Å². The topological polar surface area (TPSA) is 146 Å². The van der Waals surface area contributed by atoms with Crippen LogP contribution in [-0.4, -0.2) is 116 Å². The molecular formula is C39H69N5O6. The molecule has 0 aliphatic rings. The van der Waals surface area contributed by atoms with E-state index in [1.54, 1.807) is 0 Å². The van der Waals surface area contributed by atoms with Crippen LogP contribution < -0.4 is 11.1 Å². The summed E-state index contributed by atoms with van der Waals surface area (Å²) in [5.74, 6) is -0.817. The molecule has 1 aromatic carbocycles. The minimum absolute atomic E-state index is 0.0577. The van der Waals surface area contributed by atoms with Crippen molar-refractivity contribution in [3.8, 4) is 0 Å². The van der Waals surface area contributed by atoms with Gasteiger partial charge in [0.1, 0.15) is 6.04 Å². The number of rotatable bonds is 27. The first-order chi connectivity index (χ1) is 23.4. The van der Waals surface area contributed by atoms with Crippen molar-refractivity contribution >= 4 is 23.7 Å². The maximum Gasteiger partial charge on any atom is 0.320 e. The van der Waals surface area contributed by atoms with Gasteiger partial charge >= 0.3 is 5.97 Å². The SMILES string of the molecule is CCN(CC(C)(C)COCC(C)(C)CN(CCCN(C)C)C(=O)CCCCC(=O)NCCCC[C@H](N)C(=O)O)C(=O)CCc1ccc(C)cc1. The number of carboxylic acid groups (broad SMARTS) is 1. The smallest absolute Gasteiger partial charge is 0.320 e. The molecule has 0 aliphatic carbocycles. The third-order valence-corrected chi connectivity index (χ3v) is 8.72. The van der Waals surface area contributed by atoms with Gasteiger partial charge in [-0.05, 0) is 85.0 Å². The number of hydrogen-bond donors (Lipinski definition) is 3. The minimum Gasteiger partial charge on any atom is -0.480 e. The molecule has 0 fully saturated rings. The number of nitrogens with zero attached hydrogens (tertiary/aromatic N) is 3. The fourth-order valence-corrected chi connectivity index (χ4v) is 5.79. The standard InChI is InChI=1S/C39H69N5O6/c1-9-43(36(47)23-22-32-20-18-31(2)19-21-32)27-38(3,4)29-50-30-39(5,6)28-44(26-14-25-42(7)8)35(46)17-11-10-16-34(45)41-24-13-12-15-33(40)37(48)49/h18-21,33H,9-17,22-30,40H2,1-8H3,(H,41,45)(H,48,49)/t33-/m0/s1. The van der Waals surface area contributed by atoms with Crippen molar-refractivity contribution in [2.75, 3.05) is 66.6 Å². The van der Waals surface area contributed by atoms with Crippen LogP contribution in [0.1, 0.15) is 104 Å². The number of hydrogen-bond acceptors (Lipinski definition) is 7. The molecule has 0 heterocycles. The van der Waals surface area contributed by atoms with E-state index >= 15 is 0 Å². The van der Waals surface area contributed by atoms with Gasteiger partial charge in [-0.1, -0.05) is 57.5 Å². The number of benzene rings is 1. The number of aliphatic carboxylic acids is 1. The molecule has 11 heteroatoms. The van der Waals surface area contributed by atoms with E-state index in [1.165, 1.54) is 11.1 Å². The Balaban J connectivity index is 2.55. The highest BCUT2D eigenvalue weighted by molar-refractivity contribution is 5.77. The van der Waals surface area contributed by atoms with Gasteiger partial charge in [0.05, 0.1) is 13.2 Å². The summed E-state index contributed by atoms with van der Waals surface area (Å²) >= 11 is 0. The Morgan fingerprint density at radius 1 is 0.820 bits per heavy atom. The summed E-state index contributed by atoms with van der Waals surface area (Å²) in [4.78, 5) is 55.5. The van der Waals surface area contributed by atoms with Crippen LogP contribution in [0.5, 0.6) is 0 Å². The monoisotopic (exact) mass is 704 g/mol. The van der Waals surface area contributed by atoms with E-state index in [-0.39, 0.29) is 28.6 Å². The molecule has 3 amide bonds. The number of nitrogens with one attached hydrogen (secondary N) is 1. The van der Waals surface area contributed by atoms with E-state index < -0.39 is 12.0 Å². The van der Waals surface area contributed by atoms with Crippen molar-refractivity contribution in [2.45, 2.75) is 112 Å². The first kappa shape index (κ1) is 45.0. The second kappa shape index (κ2) is 23.5. The number of carboxylic acids is 1. The number of carbonyl (C=O) groups is 4. The highest BCUT2D eigenvalue weighted by atomic mass is 16.5. The van der Waals surface area contributed by atoms with Gasteiger partial charge < -0.3 is 35.6 Å². The number of ether oxygens (including phenoxy) is 1. The first-order valence-corrected chi connectivity index (χ1v) is 18.5. The predicted molar refractivity (Wildman–Crippen MR) is 201 cm³/mol. The Bertz CT molecular complexity index is 1150. The Hall–Kier alpha value is -3.02. The number of aryl methyl sites for hydroxylation is 2. The summed E-state index contributed by atoms with van der Waals surface area (Å²) in [5, 5.41) is 11.7. The second-order valence-corrected chi connectivity index (χ2v) is 15.7. The highest BCUT2D eigenvalue weighted by Gasteiger charge is 2.28. The van der Waals surface area contributed by atoms with Crippen molar-refractivity contribution in [1.82, 2.24) is 20.0 Å². The predicted octanol–water partition coefficient (Wildman–Crippen LogP) is 4.88. The Kier molecular flexibility index (Phi) is 21.1. The van der Waals surface area contributed by atoms with E-state index in [1.807, 2.05) is 30.8 Å². The summed E-state index contributed by atoms with van der Waals surface area (Å²) in [6.07, 6.45) is 5.78. The van der Waals surface area contributed by atoms with Crippen LogP contribution in [0.3, 0.4) is 0 Å². The molecule has 286 valence electrons. The largest absolute Gasteiger partial charge is 0.480 e. The molecule has 0 bridgehead atoms. The van der Waals surface area contributed by atoms with Gasteiger partial charge in [0.15, 0.2) is 0 Å². The zero-order valence-electron chi connectivity index (χ0n) is 32.5. The van der Waals surface area contributed by atoms with Crippen LogP contribution in [0.2, 0.25) is 0 Å². The maximum absolute atomic E-state index is 13.4. The lowest BCUT2D eigenvalue weighted by Gasteiger charge is -2.35. The lowest BCUT2D eigenvalue weighted by Crippen LogP contribution is -2.43. The quantitative estimate of drug-likeness (QED) is 0.110. The second-order valence-electron chi connectivity index (χ2n) is 15.7. The maximum atomic E-state index is 13.4. The molecule has 4 N–H and O–H groups in total. The molecular weight excluding hydrogens is 634 g/mol. The Labute approximate surface area is 302 Å². The minimum atomic E-state index is -1.01. The molecule has 11 nitrogen and oxygen atoms in total. The molecule has 50 heavy (non-hydrogen) atoms. The first-order valence-electron chi connectivity index (χ1n) is 18.5. The molecule has 0 aliphatic heterocycles. The van der Waals surface area contributed by atoms with Crippen molar-refractivity contribution in [1.29, 1.82) is 0 Å². The van der Waals surface area contributed by atoms with Gasteiger partial charge in [0, 0.05) is 62.8 Å². The molecule has 0 aromatic heterocycles. The highest BCUT2D eigenvalue weighted by Crippen LogP contribution is 2.23. The number of carbonyl (C=O) groups excluding carboxylic acids is 3. The van der Waals surface area contributed by atoms with Gasteiger partial charge in [0.2, 0.25) is 17.7 Å². The summed E-state index contributed by atoms with van der Waals surface area (Å²) in [5.41, 5.74) is 7.40. The number of amides is 3. The van der Waals surface area contributed by atoms with Crippen molar-refractivity contribution in [3.05, 3.63) is 35.4 Å². The van der Waals surface area contributed by atoms with Crippen LogP contribution in [0.4, 0.5) is 0 Å². The fraction of sp³-hybridized carbons (Fsp3) is 0.744. The molecule has 0 saturated carbocycles. The lowest BCUT2D eigenvalue weighted by atomic mass is 9.91. The third kappa shape index (κ3) is 20.6. The molecule has 0 saturated heterocycles. The summed E-state index contributed by atoms with van der Waals surface area (Å²) in [6, 6.07) is 7.48. The average molecular weight is 704 g/mol. The van der Waals surface area contributed by atoms with Crippen LogP contribution >= 0.6 is 0 Å². The number of nitrogens with two attached hydrogens (primary N) is 1. The summed E-state index contributed by atoms with van der Waals surface area (Å²) in [6.45, 7) is 17.5. The van der Waals surface area contributed by atoms with E-state index in [9.17, 15) is 19.2 Å². The Morgan fingerprint density at radius 2 is 1.40 bits per heavy atom. The van der Waals surface area contributed by atoms with Crippen LogP contribution in [0.25, 0.3) is 0 Å². The van der Waals surface area contributed by atoms with Gasteiger partial charge in [-0.2, -0.15) is 0 Å². The normalized spacial score (nSPS) is 12.5. The van der Waals surface area contributed by atoms with Crippen molar-refractivity contribution in [3.63, 3.8) is 0 Å². The van der Waals surface area contributed by atoms with Gasteiger partial charge in [-0.15, -0.1) is 0 Å². The van der Waals surface area contributed by atoms with Gasteiger partial charge in [-0.25, -0.2) is 0 Å². The third-order valence-electron chi connectivity index (χ3n) is 8.72. The summed E-state index contributed by atoms with van der Waals surface area (Å²) in [7, 11) is 4.05. The van der Waals surface area contributed by atoms with Gasteiger partial charge in [0.25, 0.3) is 0 Å². The molecule has 1 rings (SSSR count). The molecule has 0 unspecified atom stereocenters. The fourth-order valence-electron chi connectivity index (χ4n) is 5.79. The van der Waals surface area contributed by atoms with Crippen LogP contribution in [-0.2, 0) is 30.3 Å². The van der Waals surface area contributed by atoms with Crippen LogP contribution in [0, 0.1) is 17.8 Å². The molecule has 1 aromatic rings.